The molecule has 0 radical (unpaired) electrons. The van der Waals surface area contributed by atoms with Gasteiger partial charge in [0, 0.05) is 0 Å². The third kappa shape index (κ3) is 9.58. The van der Waals surface area contributed by atoms with Crippen molar-refractivity contribution in [2.75, 3.05) is 4.98 Å². The van der Waals surface area contributed by atoms with E-state index in [9.17, 15) is 4.39 Å². The lowest BCUT2D eigenvalue weighted by Crippen LogP contribution is -2.33. The summed E-state index contributed by atoms with van der Waals surface area (Å²) in [5.41, 5.74) is 0. The highest BCUT2D eigenvalue weighted by Crippen LogP contribution is 2.13. The zero-order valence-electron chi connectivity index (χ0n) is 10.1. The summed E-state index contributed by atoms with van der Waals surface area (Å²) in [6.45, 7) is 8.01. The third-order valence-corrected chi connectivity index (χ3v) is 2.34. The van der Waals surface area contributed by atoms with Gasteiger partial charge in [0.15, 0.2) is 15.9 Å². The fourth-order valence-electron chi connectivity index (χ4n) is 0.898. The lowest BCUT2D eigenvalue weighted by Gasteiger charge is -2.18. The van der Waals surface area contributed by atoms with E-state index in [1.807, 2.05) is 0 Å². The molecule has 1 rings (SSSR count). The number of anilines is 1. The fourth-order valence-corrected chi connectivity index (χ4v) is 1.78. The molecule has 0 saturated heterocycles. The first-order valence-electron chi connectivity index (χ1n) is 4.81. The number of nitrogens with zero attached hydrogens (tertiary/aromatic N) is 2. The number of hydrogen-bond acceptors (Lipinski definition) is 3. The Morgan fingerprint density at radius 2 is 1.76 bits per heavy atom. The minimum atomic E-state index is -1.53. The van der Waals surface area contributed by atoms with Crippen LogP contribution >= 0.6 is 34.8 Å². The molecule has 1 aromatic rings. The summed E-state index contributed by atoms with van der Waals surface area (Å²) in [5, 5.41) is 0. The van der Waals surface area contributed by atoms with Gasteiger partial charge in [-0.1, -0.05) is 54.4 Å². The largest absolute Gasteiger partial charge is 0.393 e. The standard InChI is InChI=1S/C8H14FN3Si.CHCl3/c1-6-10-5-7(9)8(11-6)12-13(2,3)4;2-1(3)4/h5H,1-4H3,(H,10,11,12);1H. The molecule has 3 nitrogen and oxygen atoms in total. The van der Waals surface area contributed by atoms with Gasteiger partial charge in [-0.3, -0.25) is 0 Å². The molecule has 0 aliphatic rings. The van der Waals surface area contributed by atoms with Crippen molar-refractivity contribution in [1.29, 1.82) is 0 Å². The highest BCUT2D eigenvalue weighted by molar-refractivity contribution is 6.79. The van der Waals surface area contributed by atoms with Crippen LogP contribution in [0.15, 0.2) is 6.20 Å². The summed E-state index contributed by atoms with van der Waals surface area (Å²) >= 11 is 14.4. The van der Waals surface area contributed by atoms with Gasteiger partial charge in [0.1, 0.15) is 14.1 Å². The van der Waals surface area contributed by atoms with Crippen molar-refractivity contribution in [2.24, 2.45) is 0 Å². The minimum absolute atomic E-state index is 0.326. The molecule has 0 spiro atoms. The number of rotatable bonds is 2. The van der Waals surface area contributed by atoms with Crippen LogP contribution in [0, 0.1) is 12.7 Å². The number of hydrogen-bond donors (Lipinski definition) is 1. The van der Waals surface area contributed by atoms with Gasteiger partial charge in [-0.05, 0) is 6.92 Å². The second-order valence-corrected chi connectivity index (χ2v) is 11.0. The van der Waals surface area contributed by atoms with E-state index in [0.29, 0.717) is 11.6 Å². The first-order valence-corrected chi connectivity index (χ1v) is 9.62. The molecule has 0 aromatic carbocycles. The molecule has 1 N–H and O–H groups in total. The molecule has 1 heterocycles. The van der Waals surface area contributed by atoms with Crippen molar-refractivity contribution >= 4 is 48.9 Å². The van der Waals surface area contributed by atoms with E-state index < -0.39 is 12.5 Å². The second kappa shape index (κ2) is 7.36. The van der Waals surface area contributed by atoms with Crippen LogP contribution in [0.25, 0.3) is 0 Å². The van der Waals surface area contributed by atoms with Crippen LogP contribution in [0.5, 0.6) is 0 Å². The predicted octanol–water partition coefficient (Wildman–Crippen LogP) is 4.16. The van der Waals surface area contributed by atoms with Crippen LogP contribution < -0.4 is 4.98 Å². The zero-order valence-corrected chi connectivity index (χ0v) is 13.3. The predicted molar refractivity (Wildman–Crippen MR) is 75.0 cm³/mol. The minimum Gasteiger partial charge on any atom is -0.393 e. The fraction of sp³-hybridized carbons (Fsp3) is 0.556. The SMILES string of the molecule is Cc1ncc(F)c(N[Si](C)(C)C)n1.ClC(Cl)Cl. The van der Waals surface area contributed by atoms with Gasteiger partial charge >= 0.3 is 0 Å². The number of nitrogens with one attached hydrogen (secondary N) is 1. The number of aromatic nitrogens is 2. The normalized spacial score (nSPS) is 10.9. The Morgan fingerprint density at radius 3 is 2.18 bits per heavy atom. The maximum absolute atomic E-state index is 13.1. The van der Waals surface area contributed by atoms with Crippen molar-refractivity contribution in [2.45, 2.75) is 30.9 Å². The zero-order chi connectivity index (χ0) is 13.6. The van der Waals surface area contributed by atoms with E-state index in [1.54, 1.807) is 6.92 Å². The quantitative estimate of drug-likeness (QED) is 0.657. The van der Waals surface area contributed by atoms with E-state index in [4.69, 9.17) is 34.8 Å². The van der Waals surface area contributed by atoms with Crippen LogP contribution in [-0.4, -0.2) is 22.5 Å². The molecule has 0 unspecified atom stereocenters. The van der Waals surface area contributed by atoms with Crippen LogP contribution in [0.2, 0.25) is 19.6 Å². The van der Waals surface area contributed by atoms with Gasteiger partial charge < -0.3 is 4.98 Å². The topological polar surface area (TPSA) is 37.8 Å². The molecule has 0 atom stereocenters. The molecule has 17 heavy (non-hydrogen) atoms. The first-order chi connectivity index (χ1) is 7.61. The summed E-state index contributed by atoms with van der Waals surface area (Å²) in [4.78, 5) is 10.9. The molecule has 0 fully saturated rings. The van der Waals surface area contributed by atoms with Gasteiger partial charge in [-0.25, -0.2) is 14.4 Å². The molecule has 0 aliphatic heterocycles. The Hall–Kier alpha value is -0.103. The molecule has 8 heteroatoms. The molecule has 0 saturated carbocycles. The van der Waals surface area contributed by atoms with Crippen molar-refractivity contribution in [3.05, 3.63) is 17.8 Å². The molecule has 0 aliphatic carbocycles. The van der Waals surface area contributed by atoms with Gasteiger partial charge in [0.2, 0.25) is 0 Å². The van der Waals surface area contributed by atoms with E-state index in [0.717, 1.165) is 0 Å². The Balaban J connectivity index is 0.000000557. The van der Waals surface area contributed by atoms with Crippen LogP contribution in [0.1, 0.15) is 5.82 Å². The first kappa shape index (κ1) is 16.9. The Labute approximate surface area is 117 Å². The summed E-state index contributed by atoms with van der Waals surface area (Å²) < 4.78 is 12.4. The number of alkyl halides is 3. The maximum Gasteiger partial charge on any atom is 0.182 e. The Bertz CT molecular complexity index is 355. The van der Waals surface area contributed by atoms with Gasteiger partial charge in [-0.2, -0.15) is 0 Å². The second-order valence-electron chi connectivity index (χ2n) is 4.24. The lowest BCUT2D eigenvalue weighted by atomic mass is 10.5. The average molecular weight is 319 g/mol. The smallest absolute Gasteiger partial charge is 0.182 e. The maximum atomic E-state index is 13.1. The number of halogens is 4. The molecule has 0 amide bonds. The summed E-state index contributed by atoms with van der Waals surface area (Å²) in [6, 6.07) is 0. The molecule has 0 bridgehead atoms. The van der Waals surface area contributed by atoms with Crippen molar-refractivity contribution in [1.82, 2.24) is 9.97 Å². The highest BCUT2D eigenvalue weighted by Gasteiger charge is 2.16. The highest BCUT2D eigenvalue weighted by atomic mass is 35.6. The van der Waals surface area contributed by atoms with E-state index in [1.165, 1.54) is 6.20 Å². The lowest BCUT2D eigenvalue weighted by molar-refractivity contribution is 0.617. The van der Waals surface area contributed by atoms with Gasteiger partial charge in [0.25, 0.3) is 0 Å². The van der Waals surface area contributed by atoms with E-state index in [2.05, 4.69) is 34.6 Å². The molecule has 1 aromatic heterocycles. The average Bonchev–Trinajstić information content (AvgIpc) is 2.08. The van der Waals surface area contributed by atoms with Gasteiger partial charge in [-0.15, -0.1) is 0 Å². The Morgan fingerprint density at radius 1 is 1.29 bits per heavy atom. The van der Waals surface area contributed by atoms with Crippen LogP contribution in [-0.2, 0) is 0 Å². The Kier molecular flexibility index (Phi) is 7.31. The van der Waals surface area contributed by atoms with Gasteiger partial charge in [0.05, 0.1) is 6.20 Å². The summed E-state index contributed by atoms with van der Waals surface area (Å²) in [6.07, 6.45) is 1.20. The van der Waals surface area contributed by atoms with Crippen molar-refractivity contribution < 1.29 is 4.39 Å². The third-order valence-electron chi connectivity index (χ3n) is 1.36. The van der Waals surface area contributed by atoms with Crippen molar-refractivity contribution in [3.8, 4) is 0 Å². The van der Waals surface area contributed by atoms with E-state index >= 15 is 0 Å². The molecular formula is C9H15Cl3FN3Si. The number of aryl methyl sites for hydroxylation is 1. The molecular weight excluding hydrogens is 304 g/mol. The van der Waals surface area contributed by atoms with Crippen LogP contribution in [0.4, 0.5) is 10.2 Å². The summed E-state index contributed by atoms with van der Waals surface area (Å²) in [5.74, 6) is 0.529. The molecule has 98 valence electrons. The van der Waals surface area contributed by atoms with Crippen molar-refractivity contribution in [3.63, 3.8) is 0 Å². The van der Waals surface area contributed by atoms with Crippen LogP contribution in [0.3, 0.4) is 0 Å². The summed E-state index contributed by atoms with van der Waals surface area (Å²) in [7, 11) is -1.53. The van der Waals surface area contributed by atoms with E-state index in [-0.39, 0.29) is 5.82 Å². The monoisotopic (exact) mass is 317 g/mol.